The Labute approximate surface area is 149 Å². The molecule has 6 nitrogen and oxygen atoms in total. The third-order valence-corrected chi connectivity index (χ3v) is 5.50. The molecule has 2 saturated heterocycles. The molecular formula is C19H28N4O2. The summed E-state index contributed by atoms with van der Waals surface area (Å²) in [4.78, 5) is 8.77. The van der Waals surface area contributed by atoms with E-state index in [0.29, 0.717) is 30.9 Å². The molecule has 3 aliphatic rings. The molecule has 1 aromatic heterocycles. The molecule has 2 aliphatic heterocycles. The number of ether oxygens (including phenoxy) is 2. The molecule has 1 aromatic rings. The SMILES string of the molecule is CN=C(NCc1ccc(OC2CCCC2)nc1)NC1CC2CCC1O2. The van der Waals surface area contributed by atoms with Crippen molar-refractivity contribution >= 4 is 5.96 Å². The minimum atomic E-state index is 0.345. The Bertz CT molecular complexity index is 598. The van der Waals surface area contributed by atoms with Gasteiger partial charge in [0.2, 0.25) is 5.88 Å². The monoisotopic (exact) mass is 344 g/mol. The molecule has 4 rings (SSSR count). The Morgan fingerprint density at radius 3 is 2.80 bits per heavy atom. The first kappa shape index (κ1) is 16.6. The van der Waals surface area contributed by atoms with Crippen LogP contribution in [0.5, 0.6) is 5.88 Å². The molecule has 2 bridgehead atoms. The van der Waals surface area contributed by atoms with E-state index in [4.69, 9.17) is 9.47 Å². The van der Waals surface area contributed by atoms with E-state index >= 15 is 0 Å². The first-order valence-electron chi connectivity index (χ1n) is 9.54. The number of nitrogens with zero attached hydrogens (tertiary/aromatic N) is 2. The Balaban J connectivity index is 1.25. The smallest absolute Gasteiger partial charge is 0.213 e. The predicted octanol–water partition coefficient (Wildman–Crippen LogP) is 2.39. The van der Waals surface area contributed by atoms with Gasteiger partial charge in [-0.2, -0.15) is 0 Å². The molecule has 1 aliphatic carbocycles. The summed E-state index contributed by atoms with van der Waals surface area (Å²) in [5.41, 5.74) is 1.12. The van der Waals surface area contributed by atoms with Crippen LogP contribution in [0.15, 0.2) is 23.3 Å². The van der Waals surface area contributed by atoms with Crippen molar-refractivity contribution in [1.29, 1.82) is 0 Å². The molecule has 3 unspecified atom stereocenters. The average Bonchev–Trinajstić information content (AvgIpc) is 3.38. The number of pyridine rings is 1. The van der Waals surface area contributed by atoms with Crippen molar-refractivity contribution in [3.63, 3.8) is 0 Å². The van der Waals surface area contributed by atoms with E-state index in [2.05, 4.69) is 26.7 Å². The van der Waals surface area contributed by atoms with Crippen LogP contribution in [-0.2, 0) is 11.3 Å². The first-order chi connectivity index (χ1) is 12.3. The number of aromatic nitrogens is 1. The molecule has 25 heavy (non-hydrogen) atoms. The van der Waals surface area contributed by atoms with E-state index in [1.54, 1.807) is 7.05 Å². The van der Waals surface area contributed by atoms with Gasteiger partial charge in [0.25, 0.3) is 0 Å². The van der Waals surface area contributed by atoms with Crippen LogP contribution >= 0.6 is 0 Å². The summed E-state index contributed by atoms with van der Waals surface area (Å²) in [6.07, 6.45) is 11.3. The first-order valence-corrected chi connectivity index (χ1v) is 9.54. The fraction of sp³-hybridized carbons (Fsp3) is 0.684. The van der Waals surface area contributed by atoms with E-state index in [1.165, 1.54) is 19.3 Å². The highest BCUT2D eigenvalue weighted by molar-refractivity contribution is 5.80. The van der Waals surface area contributed by atoms with Crippen molar-refractivity contribution in [1.82, 2.24) is 15.6 Å². The van der Waals surface area contributed by atoms with Crippen molar-refractivity contribution < 1.29 is 9.47 Å². The van der Waals surface area contributed by atoms with Crippen LogP contribution in [0, 0.1) is 0 Å². The average molecular weight is 344 g/mol. The van der Waals surface area contributed by atoms with Gasteiger partial charge >= 0.3 is 0 Å². The topological polar surface area (TPSA) is 67.8 Å². The molecule has 6 heteroatoms. The lowest BCUT2D eigenvalue weighted by molar-refractivity contribution is 0.0992. The maximum atomic E-state index is 5.91. The van der Waals surface area contributed by atoms with Gasteiger partial charge in [0.05, 0.1) is 18.2 Å². The second-order valence-corrected chi connectivity index (χ2v) is 7.32. The number of aliphatic imine (C=N–C) groups is 1. The summed E-state index contributed by atoms with van der Waals surface area (Å²) < 4.78 is 11.8. The van der Waals surface area contributed by atoms with Gasteiger partial charge < -0.3 is 20.1 Å². The van der Waals surface area contributed by atoms with Crippen LogP contribution < -0.4 is 15.4 Å². The summed E-state index contributed by atoms with van der Waals surface area (Å²) >= 11 is 0. The normalized spacial score (nSPS) is 29.2. The third-order valence-electron chi connectivity index (χ3n) is 5.50. The van der Waals surface area contributed by atoms with Crippen LogP contribution in [0.3, 0.4) is 0 Å². The van der Waals surface area contributed by atoms with Gasteiger partial charge in [-0.3, -0.25) is 4.99 Å². The van der Waals surface area contributed by atoms with Gasteiger partial charge in [-0.25, -0.2) is 4.98 Å². The van der Waals surface area contributed by atoms with Crippen molar-refractivity contribution in [2.24, 2.45) is 4.99 Å². The molecular weight excluding hydrogens is 316 g/mol. The summed E-state index contributed by atoms with van der Waals surface area (Å²) in [7, 11) is 1.81. The van der Waals surface area contributed by atoms with Gasteiger partial charge in [0.15, 0.2) is 5.96 Å². The second-order valence-electron chi connectivity index (χ2n) is 7.32. The van der Waals surface area contributed by atoms with Gasteiger partial charge in [0.1, 0.15) is 6.10 Å². The van der Waals surface area contributed by atoms with Gasteiger partial charge in [-0.15, -0.1) is 0 Å². The molecule has 136 valence electrons. The van der Waals surface area contributed by atoms with E-state index in [9.17, 15) is 0 Å². The number of nitrogens with one attached hydrogen (secondary N) is 2. The van der Waals surface area contributed by atoms with Crippen molar-refractivity contribution in [2.45, 2.75) is 75.8 Å². The highest BCUT2D eigenvalue weighted by Gasteiger charge is 2.41. The van der Waals surface area contributed by atoms with Gasteiger partial charge in [-0.1, -0.05) is 6.07 Å². The van der Waals surface area contributed by atoms with Crippen molar-refractivity contribution in [3.8, 4) is 5.88 Å². The highest BCUT2D eigenvalue weighted by Crippen LogP contribution is 2.34. The molecule has 3 heterocycles. The molecule has 0 radical (unpaired) electrons. The summed E-state index contributed by atoms with van der Waals surface area (Å²) in [6, 6.07) is 4.42. The zero-order valence-corrected chi connectivity index (χ0v) is 14.9. The summed E-state index contributed by atoms with van der Waals surface area (Å²) in [5.74, 6) is 1.56. The zero-order chi connectivity index (χ0) is 17.1. The Morgan fingerprint density at radius 1 is 1.28 bits per heavy atom. The standard InChI is InChI=1S/C19H28N4O2/c1-20-19(23-16-10-15-7-8-17(16)24-15)22-12-13-6-9-18(21-11-13)25-14-4-2-3-5-14/h6,9,11,14-17H,2-5,7-8,10,12H2,1H3,(H2,20,22,23). The van der Waals surface area contributed by atoms with E-state index in [0.717, 1.165) is 43.1 Å². The second kappa shape index (κ2) is 7.60. The lowest BCUT2D eigenvalue weighted by Gasteiger charge is -2.22. The third kappa shape index (κ3) is 4.06. The van der Waals surface area contributed by atoms with Gasteiger partial charge in [-0.05, 0) is 50.5 Å². The lowest BCUT2D eigenvalue weighted by Crippen LogP contribution is -2.47. The molecule has 3 atom stereocenters. The minimum Gasteiger partial charge on any atom is -0.474 e. The number of guanidine groups is 1. The highest BCUT2D eigenvalue weighted by atomic mass is 16.5. The van der Waals surface area contributed by atoms with E-state index < -0.39 is 0 Å². The summed E-state index contributed by atoms with van der Waals surface area (Å²) in [5, 5.41) is 6.86. The van der Waals surface area contributed by atoms with Crippen LogP contribution in [0.25, 0.3) is 0 Å². The summed E-state index contributed by atoms with van der Waals surface area (Å²) in [6.45, 7) is 0.693. The lowest BCUT2D eigenvalue weighted by atomic mass is 9.96. The number of fused-ring (bicyclic) bond motifs is 2. The number of hydrogen-bond acceptors (Lipinski definition) is 4. The van der Waals surface area contributed by atoms with Crippen LogP contribution in [0.2, 0.25) is 0 Å². The van der Waals surface area contributed by atoms with E-state index in [-0.39, 0.29) is 0 Å². The quantitative estimate of drug-likeness (QED) is 0.634. The largest absolute Gasteiger partial charge is 0.474 e. The molecule has 0 aromatic carbocycles. The minimum absolute atomic E-state index is 0.345. The van der Waals surface area contributed by atoms with Gasteiger partial charge in [0, 0.05) is 25.9 Å². The van der Waals surface area contributed by atoms with Crippen LogP contribution in [-0.4, -0.2) is 42.3 Å². The maximum absolute atomic E-state index is 5.91. The predicted molar refractivity (Wildman–Crippen MR) is 96.8 cm³/mol. The molecule has 3 fully saturated rings. The molecule has 0 amide bonds. The fourth-order valence-corrected chi connectivity index (χ4v) is 4.11. The molecule has 1 saturated carbocycles. The zero-order valence-electron chi connectivity index (χ0n) is 14.9. The molecule has 0 spiro atoms. The molecule has 2 N–H and O–H groups in total. The fourth-order valence-electron chi connectivity index (χ4n) is 4.11. The number of rotatable bonds is 5. The Kier molecular flexibility index (Phi) is 5.06. The Morgan fingerprint density at radius 2 is 2.16 bits per heavy atom. The van der Waals surface area contributed by atoms with Crippen LogP contribution in [0.1, 0.15) is 50.5 Å². The van der Waals surface area contributed by atoms with Crippen molar-refractivity contribution in [3.05, 3.63) is 23.9 Å². The van der Waals surface area contributed by atoms with Crippen molar-refractivity contribution in [2.75, 3.05) is 7.05 Å². The maximum Gasteiger partial charge on any atom is 0.213 e. The van der Waals surface area contributed by atoms with Crippen LogP contribution in [0.4, 0.5) is 0 Å². The number of hydrogen-bond donors (Lipinski definition) is 2. The van der Waals surface area contributed by atoms with E-state index in [1.807, 2.05) is 12.3 Å². The Hall–Kier alpha value is -1.82.